The first-order valence-corrected chi connectivity index (χ1v) is 8.40. The van der Waals surface area contributed by atoms with Gasteiger partial charge in [-0.1, -0.05) is 13.3 Å². The number of rotatable bonds is 4. The summed E-state index contributed by atoms with van der Waals surface area (Å²) in [5.41, 5.74) is 0.419. The second kappa shape index (κ2) is 7.49. The van der Waals surface area contributed by atoms with Gasteiger partial charge in [-0.3, -0.25) is 4.99 Å². The maximum absolute atomic E-state index is 5.63. The first-order chi connectivity index (χ1) is 9.76. The summed E-state index contributed by atoms with van der Waals surface area (Å²) in [5.74, 6) is 2.04. The zero-order chi connectivity index (χ0) is 14.0. The third-order valence-electron chi connectivity index (χ3n) is 5.13. The summed E-state index contributed by atoms with van der Waals surface area (Å²) in [6.07, 6.45) is 6.48. The SMILES string of the molecule is CCCC1CC1NC(=NCC)N1CCC2(CCOC2)C1.I. The molecule has 0 aromatic heterocycles. The largest absolute Gasteiger partial charge is 0.381 e. The van der Waals surface area contributed by atoms with Crippen LogP contribution in [0.2, 0.25) is 0 Å². The molecule has 1 aliphatic carbocycles. The van der Waals surface area contributed by atoms with Gasteiger partial charge in [0.25, 0.3) is 0 Å². The molecule has 3 fully saturated rings. The van der Waals surface area contributed by atoms with Crippen LogP contribution < -0.4 is 5.32 Å². The number of halogens is 1. The Morgan fingerprint density at radius 1 is 1.38 bits per heavy atom. The van der Waals surface area contributed by atoms with E-state index >= 15 is 0 Å². The van der Waals surface area contributed by atoms with E-state index in [9.17, 15) is 0 Å². The minimum atomic E-state index is 0. The van der Waals surface area contributed by atoms with Crippen LogP contribution in [0.25, 0.3) is 0 Å². The van der Waals surface area contributed by atoms with Crippen molar-refractivity contribution in [2.24, 2.45) is 16.3 Å². The van der Waals surface area contributed by atoms with Crippen LogP contribution in [0, 0.1) is 11.3 Å². The van der Waals surface area contributed by atoms with E-state index in [0.717, 1.165) is 44.7 Å². The van der Waals surface area contributed by atoms with E-state index in [2.05, 4.69) is 24.1 Å². The average molecular weight is 407 g/mol. The van der Waals surface area contributed by atoms with Gasteiger partial charge in [0.1, 0.15) is 0 Å². The molecule has 4 nitrogen and oxygen atoms in total. The Labute approximate surface area is 146 Å². The van der Waals surface area contributed by atoms with Crippen molar-refractivity contribution in [3.05, 3.63) is 0 Å². The van der Waals surface area contributed by atoms with Crippen molar-refractivity contribution in [2.75, 3.05) is 32.8 Å². The zero-order valence-corrected chi connectivity index (χ0v) is 15.8. The summed E-state index contributed by atoms with van der Waals surface area (Å²) < 4.78 is 5.63. The molecule has 0 radical (unpaired) electrons. The Morgan fingerprint density at radius 2 is 2.24 bits per heavy atom. The number of nitrogens with zero attached hydrogens (tertiary/aromatic N) is 2. The van der Waals surface area contributed by atoms with E-state index < -0.39 is 0 Å². The van der Waals surface area contributed by atoms with Crippen LogP contribution in [-0.2, 0) is 4.74 Å². The second-order valence-corrected chi connectivity index (χ2v) is 6.81. The third kappa shape index (κ3) is 4.03. The molecule has 122 valence electrons. The molecule has 0 bridgehead atoms. The Bertz CT molecular complexity index is 369. The van der Waals surface area contributed by atoms with Crippen LogP contribution in [0.15, 0.2) is 4.99 Å². The molecule has 2 aliphatic heterocycles. The number of hydrogen-bond acceptors (Lipinski definition) is 2. The highest BCUT2D eigenvalue weighted by molar-refractivity contribution is 14.0. The molecule has 0 aromatic rings. The molecule has 1 saturated carbocycles. The maximum Gasteiger partial charge on any atom is 0.194 e. The van der Waals surface area contributed by atoms with Gasteiger partial charge in [-0.05, 0) is 38.5 Å². The van der Waals surface area contributed by atoms with Crippen molar-refractivity contribution in [2.45, 2.75) is 52.0 Å². The van der Waals surface area contributed by atoms with Gasteiger partial charge in [0.15, 0.2) is 5.96 Å². The van der Waals surface area contributed by atoms with Gasteiger partial charge in [-0.2, -0.15) is 0 Å². The van der Waals surface area contributed by atoms with Gasteiger partial charge in [0.05, 0.1) is 6.61 Å². The molecule has 1 N–H and O–H groups in total. The van der Waals surface area contributed by atoms with Gasteiger partial charge in [0, 0.05) is 37.7 Å². The summed E-state index contributed by atoms with van der Waals surface area (Å²) in [6.45, 7) is 9.44. The Hall–Kier alpha value is -0.0400. The van der Waals surface area contributed by atoms with Gasteiger partial charge in [-0.15, -0.1) is 24.0 Å². The fourth-order valence-electron chi connectivity index (χ4n) is 3.75. The minimum absolute atomic E-state index is 0. The molecule has 1 spiro atoms. The van der Waals surface area contributed by atoms with Crippen molar-refractivity contribution in [3.63, 3.8) is 0 Å². The van der Waals surface area contributed by atoms with Crippen LogP contribution in [0.3, 0.4) is 0 Å². The van der Waals surface area contributed by atoms with E-state index in [-0.39, 0.29) is 24.0 Å². The molecule has 2 saturated heterocycles. The van der Waals surface area contributed by atoms with Gasteiger partial charge >= 0.3 is 0 Å². The number of aliphatic imine (C=N–C) groups is 1. The molecule has 3 aliphatic rings. The lowest BCUT2D eigenvalue weighted by Crippen LogP contribution is -2.43. The van der Waals surface area contributed by atoms with Crippen LogP contribution >= 0.6 is 24.0 Å². The Kier molecular flexibility index (Phi) is 6.17. The number of hydrogen-bond donors (Lipinski definition) is 1. The topological polar surface area (TPSA) is 36.9 Å². The second-order valence-electron chi connectivity index (χ2n) is 6.81. The molecule has 3 atom stereocenters. The number of ether oxygens (including phenoxy) is 1. The predicted molar refractivity (Wildman–Crippen MR) is 97.4 cm³/mol. The lowest BCUT2D eigenvalue weighted by atomic mass is 9.87. The molecular weight excluding hydrogens is 377 g/mol. The average Bonchev–Trinajstić information content (AvgIpc) is 2.89. The normalized spacial score (nSPS) is 35.1. The zero-order valence-electron chi connectivity index (χ0n) is 13.4. The summed E-state index contributed by atoms with van der Waals surface area (Å²) >= 11 is 0. The highest BCUT2D eigenvalue weighted by Crippen LogP contribution is 2.39. The third-order valence-corrected chi connectivity index (χ3v) is 5.13. The summed E-state index contributed by atoms with van der Waals surface area (Å²) in [5, 5.41) is 3.71. The summed E-state index contributed by atoms with van der Waals surface area (Å²) in [4.78, 5) is 7.20. The lowest BCUT2D eigenvalue weighted by molar-refractivity contribution is 0.156. The molecule has 3 rings (SSSR count). The van der Waals surface area contributed by atoms with Crippen LogP contribution in [0.1, 0.15) is 46.0 Å². The highest BCUT2D eigenvalue weighted by Gasteiger charge is 2.44. The fourth-order valence-corrected chi connectivity index (χ4v) is 3.75. The minimum Gasteiger partial charge on any atom is -0.381 e. The van der Waals surface area contributed by atoms with E-state index in [0.29, 0.717) is 11.5 Å². The standard InChI is InChI=1S/C16H29N3O.HI/c1-3-5-13-10-14(13)18-15(17-4-2)19-8-6-16(11-19)7-9-20-12-16;/h13-14H,3-12H2,1-2H3,(H,17,18);1H. The van der Waals surface area contributed by atoms with Crippen molar-refractivity contribution in [1.29, 1.82) is 0 Å². The Morgan fingerprint density at radius 3 is 2.90 bits per heavy atom. The molecule has 0 aromatic carbocycles. The Balaban J connectivity index is 0.00000161. The molecular formula is C16H30IN3O. The van der Waals surface area contributed by atoms with E-state index in [1.54, 1.807) is 0 Å². The van der Waals surface area contributed by atoms with Gasteiger partial charge in [0.2, 0.25) is 0 Å². The van der Waals surface area contributed by atoms with E-state index in [4.69, 9.17) is 9.73 Å². The van der Waals surface area contributed by atoms with Crippen LogP contribution in [-0.4, -0.2) is 49.7 Å². The summed E-state index contributed by atoms with van der Waals surface area (Å²) in [6, 6.07) is 0.677. The predicted octanol–water partition coefficient (Wildman–Crippen LogP) is 2.87. The monoisotopic (exact) mass is 407 g/mol. The van der Waals surface area contributed by atoms with Crippen molar-refractivity contribution >= 4 is 29.9 Å². The van der Waals surface area contributed by atoms with Crippen molar-refractivity contribution < 1.29 is 4.74 Å². The first kappa shape index (κ1) is 17.3. The lowest BCUT2D eigenvalue weighted by Gasteiger charge is -2.25. The number of likely N-dealkylation sites (tertiary alicyclic amines) is 1. The van der Waals surface area contributed by atoms with Crippen LogP contribution in [0.5, 0.6) is 0 Å². The smallest absolute Gasteiger partial charge is 0.194 e. The molecule has 0 amide bonds. The van der Waals surface area contributed by atoms with Crippen molar-refractivity contribution in [1.82, 2.24) is 10.2 Å². The molecule has 21 heavy (non-hydrogen) atoms. The van der Waals surface area contributed by atoms with Crippen LogP contribution in [0.4, 0.5) is 0 Å². The quantitative estimate of drug-likeness (QED) is 0.443. The van der Waals surface area contributed by atoms with Crippen molar-refractivity contribution in [3.8, 4) is 0 Å². The molecule has 5 heteroatoms. The van der Waals surface area contributed by atoms with Gasteiger partial charge in [-0.25, -0.2) is 0 Å². The number of guanidine groups is 1. The number of nitrogens with one attached hydrogen (secondary N) is 1. The maximum atomic E-state index is 5.63. The van der Waals surface area contributed by atoms with E-state index in [1.807, 2.05) is 0 Å². The van der Waals surface area contributed by atoms with Gasteiger partial charge < -0.3 is 15.0 Å². The molecule has 3 unspecified atom stereocenters. The van der Waals surface area contributed by atoms with E-state index in [1.165, 1.54) is 32.1 Å². The highest BCUT2D eigenvalue weighted by atomic mass is 127. The summed E-state index contributed by atoms with van der Waals surface area (Å²) in [7, 11) is 0. The first-order valence-electron chi connectivity index (χ1n) is 8.40. The fraction of sp³-hybridized carbons (Fsp3) is 0.938. The molecule has 2 heterocycles.